The number of hydrogen-bond donors (Lipinski definition) is 2. The zero-order valence-electron chi connectivity index (χ0n) is 5.22. The molecule has 1 aliphatic rings. The standard InChI is InChI=1S/C4H5F3N2O2/c5-4(6,7)3(10)1-2(8)9-11-3/h10H,1H2,(H2,8,9). The zero-order valence-corrected chi connectivity index (χ0v) is 5.22. The lowest BCUT2D eigenvalue weighted by atomic mass is 10.2. The molecule has 0 aromatic rings. The second kappa shape index (κ2) is 2.00. The van der Waals surface area contributed by atoms with Crippen LogP contribution in [-0.4, -0.2) is 22.9 Å². The molecule has 7 heteroatoms. The highest BCUT2D eigenvalue weighted by Gasteiger charge is 2.60. The summed E-state index contributed by atoms with van der Waals surface area (Å²) in [5, 5.41) is 11.4. The minimum absolute atomic E-state index is 0.371. The van der Waals surface area contributed by atoms with E-state index < -0.39 is 18.4 Å². The smallest absolute Gasteiger partial charge is 0.384 e. The lowest BCUT2D eigenvalue weighted by molar-refractivity contribution is -0.355. The summed E-state index contributed by atoms with van der Waals surface area (Å²) in [5.74, 6) is -3.60. The Bertz CT molecular complexity index is 202. The predicted octanol–water partition coefficient (Wildman–Crippen LogP) is -0.0702. The summed E-state index contributed by atoms with van der Waals surface area (Å²) in [6.45, 7) is 0. The Hall–Kier alpha value is -0.980. The lowest BCUT2D eigenvalue weighted by Gasteiger charge is -2.21. The lowest BCUT2D eigenvalue weighted by Crippen LogP contribution is -2.45. The van der Waals surface area contributed by atoms with Crippen molar-refractivity contribution in [2.45, 2.75) is 18.4 Å². The molecule has 0 aromatic carbocycles. The molecule has 0 saturated carbocycles. The Morgan fingerprint density at radius 2 is 2.18 bits per heavy atom. The van der Waals surface area contributed by atoms with Gasteiger partial charge in [-0.25, -0.2) is 0 Å². The average molecular weight is 170 g/mol. The van der Waals surface area contributed by atoms with Gasteiger partial charge in [-0.3, -0.25) is 0 Å². The van der Waals surface area contributed by atoms with Crippen molar-refractivity contribution in [1.82, 2.24) is 0 Å². The zero-order chi connectivity index (χ0) is 8.70. The number of amidine groups is 1. The first kappa shape index (κ1) is 8.12. The molecule has 1 heterocycles. The first-order valence-electron chi connectivity index (χ1n) is 2.65. The molecule has 1 aliphatic heterocycles. The van der Waals surface area contributed by atoms with Crippen molar-refractivity contribution >= 4 is 5.84 Å². The van der Waals surface area contributed by atoms with Crippen molar-refractivity contribution in [1.29, 1.82) is 0 Å². The Morgan fingerprint density at radius 3 is 2.36 bits per heavy atom. The molecule has 0 fully saturated rings. The number of halogens is 3. The van der Waals surface area contributed by atoms with Crippen LogP contribution in [0.2, 0.25) is 0 Å². The summed E-state index contributed by atoms with van der Waals surface area (Å²) in [7, 11) is 0. The summed E-state index contributed by atoms with van der Waals surface area (Å²) < 4.78 is 35.4. The van der Waals surface area contributed by atoms with Crippen molar-refractivity contribution in [2.24, 2.45) is 10.9 Å². The molecule has 0 radical (unpaired) electrons. The van der Waals surface area contributed by atoms with Gasteiger partial charge in [0.1, 0.15) is 5.84 Å². The van der Waals surface area contributed by atoms with E-state index in [4.69, 9.17) is 10.8 Å². The number of hydrogen-bond acceptors (Lipinski definition) is 4. The Kier molecular flexibility index (Phi) is 1.48. The molecule has 0 aromatic heterocycles. The largest absolute Gasteiger partial charge is 0.458 e. The molecule has 11 heavy (non-hydrogen) atoms. The van der Waals surface area contributed by atoms with Gasteiger partial charge in [0.05, 0.1) is 6.42 Å². The maximum atomic E-state index is 11.8. The van der Waals surface area contributed by atoms with Gasteiger partial charge in [0.2, 0.25) is 0 Å². The topological polar surface area (TPSA) is 67.8 Å². The van der Waals surface area contributed by atoms with E-state index in [-0.39, 0.29) is 5.84 Å². The monoisotopic (exact) mass is 170 g/mol. The van der Waals surface area contributed by atoms with E-state index in [9.17, 15) is 13.2 Å². The summed E-state index contributed by atoms with van der Waals surface area (Å²) in [4.78, 5) is 3.71. The van der Waals surface area contributed by atoms with Crippen molar-refractivity contribution in [3.05, 3.63) is 0 Å². The third-order valence-electron chi connectivity index (χ3n) is 1.18. The Labute approximate surface area is 59.4 Å². The van der Waals surface area contributed by atoms with E-state index in [2.05, 4.69) is 9.99 Å². The van der Waals surface area contributed by atoms with Crippen LogP contribution in [0.3, 0.4) is 0 Å². The van der Waals surface area contributed by atoms with Crippen LogP contribution in [0.25, 0.3) is 0 Å². The summed E-state index contributed by atoms with van der Waals surface area (Å²) >= 11 is 0. The first-order valence-corrected chi connectivity index (χ1v) is 2.65. The van der Waals surface area contributed by atoms with Gasteiger partial charge in [-0.1, -0.05) is 5.16 Å². The van der Waals surface area contributed by atoms with Crippen LogP contribution in [0.5, 0.6) is 0 Å². The highest BCUT2D eigenvalue weighted by molar-refractivity contribution is 5.81. The summed E-state index contributed by atoms with van der Waals surface area (Å²) in [6, 6.07) is 0. The highest BCUT2D eigenvalue weighted by Crippen LogP contribution is 2.36. The number of nitrogens with two attached hydrogens (primary N) is 1. The van der Waals surface area contributed by atoms with Gasteiger partial charge in [-0.05, 0) is 0 Å². The third-order valence-corrected chi connectivity index (χ3v) is 1.18. The molecule has 3 N–H and O–H groups in total. The molecule has 1 rings (SSSR count). The van der Waals surface area contributed by atoms with Gasteiger partial charge in [0.15, 0.2) is 0 Å². The minimum Gasteiger partial charge on any atom is -0.384 e. The molecule has 0 saturated heterocycles. The van der Waals surface area contributed by atoms with E-state index in [1.807, 2.05) is 0 Å². The molecule has 0 spiro atoms. The van der Waals surface area contributed by atoms with Crippen LogP contribution >= 0.6 is 0 Å². The second-order valence-corrected chi connectivity index (χ2v) is 2.13. The fourth-order valence-electron chi connectivity index (χ4n) is 0.596. The molecule has 1 atom stereocenters. The van der Waals surface area contributed by atoms with Crippen LogP contribution in [-0.2, 0) is 4.84 Å². The van der Waals surface area contributed by atoms with E-state index >= 15 is 0 Å². The molecule has 0 bridgehead atoms. The fourth-order valence-corrected chi connectivity index (χ4v) is 0.596. The molecule has 4 nitrogen and oxygen atoms in total. The van der Waals surface area contributed by atoms with Crippen LogP contribution in [0, 0.1) is 0 Å². The number of nitrogens with zero attached hydrogens (tertiary/aromatic N) is 1. The predicted molar refractivity (Wildman–Crippen MR) is 28.3 cm³/mol. The molecular formula is C4H5F3N2O2. The minimum atomic E-state index is -4.86. The normalized spacial score (nSPS) is 31.5. The third kappa shape index (κ3) is 1.23. The van der Waals surface area contributed by atoms with Crippen molar-refractivity contribution in [2.75, 3.05) is 0 Å². The fraction of sp³-hybridized carbons (Fsp3) is 0.750. The first-order chi connectivity index (χ1) is 4.85. The molecule has 0 amide bonds. The van der Waals surface area contributed by atoms with Gasteiger partial charge in [-0.15, -0.1) is 0 Å². The summed E-state index contributed by atoms with van der Waals surface area (Å²) in [5.41, 5.74) is 4.87. The maximum absolute atomic E-state index is 11.8. The van der Waals surface area contributed by atoms with Crippen LogP contribution in [0.1, 0.15) is 6.42 Å². The van der Waals surface area contributed by atoms with Crippen LogP contribution in [0.15, 0.2) is 5.16 Å². The van der Waals surface area contributed by atoms with E-state index in [0.29, 0.717) is 0 Å². The SMILES string of the molecule is NC1=NOC(O)(C(F)(F)F)C1. The van der Waals surface area contributed by atoms with Gasteiger partial charge in [0.25, 0.3) is 0 Å². The van der Waals surface area contributed by atoms with Gasteiger partial charge < -0.3 is 15.7 Å². The number of rotatable bonds is 0. The van der Waals surface area contributed by atoms with E-state index in [1.54, 1.807) is 0 Å². The van der Waals surface area contributed by atoms with Crippen molar-refractivity contribution in [3.8, 4) is 0 Å². The van der Waals surface area contributed by atoms with Gasteiger partial charge in [-0.2, -0.15) is 13.2 Å². The molecule has 1 unspecified atom stereocenters. The van der Waals surface area contributed by atoms with Crippen LogP contribution < -0.4 is 5.73 Å². The number of alkyl halides is 3. The average Bonchev–Trinajstić information content (AvgIpc) is 2.10. The molecular weight excluding hydrogens is 165 g/mol. The Morgan fingerprint density at radius 1 is 1.64 bits per heavy atom. The number of oxime groups is 1. The van der Waals surface area contributed by atoms with Crippen molar-refractivity contribution < 1.29 is 23.1 Å². The Balaban J connectivity index is 2.74. The van der Waals surface area contributed by atoms with Crippen LogP contribution in [0.4, 0.5) is 13.2 Å². The second-order valence-electron chi connectivity index (χ2n) is 2.13. The quantitative estimate of drug-likeness (QED) is 0.534. The van der Waals surface area contributed by atoms with E-state index in [0.717, 1.165) is 0 Å². The van der Waals surface area contributed by atoms with Crippen molar-refractivity contribution in [3.63, 3.8) is 0 Å². The molecule has 64 valence electrons. The maximum Gasteiger partial charge on any atom is 0.458 e. The van der Waals surface area contributed by atoms with E-state index in [1.165, 1.54) is 0 Å². The number of aliphatic hydroxyl groups is 1. The molecule has 0 aliphatic carbocycles. The van der Waals surface area contributed by atoms with Gasteiger partial charge >= 0.3 is 12.0 Å². The highest BCUT2D eigenvalue weighted by atomic mass is 19.4. The van der Waals surface area contributed by atoms with Gasteiger partial charge in [0, 0.05) is 0 Å². The summed E-state index contributed by atoms with van der Waals surface area (Å²) in [6.07, 6.45) is -5.70.